The van der Waals surface area contributed by atoms with Crippen LogP contribution in [0.15, 0.2) is 27.1 Å². The highest BCUT2D eigenvalue weighted by Gasteiger charge is 2.07. The second-order valence-corrected chi connectivity index (χ2v) is 4.87. The summed E-state index contributed by atoms with van der Waals surface area (Å²) >= 11 is 7.15. The normalized spacial score (nSPS) is 10.9. The average molecular weight is 321 g/mol. The number of hydrogen-bond donors (Lipinski definition) is 0. The summed E-state index contributed by atoms with van der Waals surface area (Å²) in [6.07, 6.45) is 0. The molecule has 1 nitrogen and oxygen atoms in total. The minimum absolute atomic E-state index is 0.995. The molecule has 0 spiro atoms. The lowest BCUT2D eigenvalue weighted by Crippen LogP contribution is -2.22. The second kappa shape index (κ2) is 5.89. The molecular weight excluding hydrogens is 306 g/mol. The van der Waals surface area contributed by atoms with Crippen LogP contribution in [0.4, 0.5) is 0 Å². The summed E-state index contributed by atoms with van der Waals surface area (Å²) < 4.78 is 2.36. The quantitative estimate of drug-likeness (QED) is 0.809. The third-order valence-corrected chi connectivity index (χ3v) is 3.82. The fourth-order valence-electron chi connectivity index (χ4n) is 1.35. The Morgan fingerprint density at radius 3 is 2.00 bits per heavy atom. The molecule has 1 rings (SSSR count). The molecule has 1 aromatic rings. The largest absolute Gasteiger partial charge is 0.300 e. The van der Waals surface area contributed by atoms with Crippen LogP contribution in [0.3, 0.4) is 0 Å². The fraction of sp³-hybridized carbons (Fsp3) is 0.455. The van der Waals surface area contributed by atoms with Gasteiger partial charge < -0.3 is 0 Å². The van der Waals surface area contributed by atoms with Crippen molar-refractivity contribution < 1.29 is 0 Å². The summed E-state index contributed by atoms with van der Waals surface area (Å²) in [5, 5.41) is 0. The van der Waals surface area contributed by atoms with Crippen LogP contribution in [-0.4, -0.2) is 18.0 Å². The van der Waals surface area contributed by atoms with Gasteiger partial charge in [-0.25, -0.2) is 0 Å². The van der Waals surface area contributed by atoms with Gasteiger partial charge in [0, 0.05) is 15.5 Å². The molecule has 0 amide bonds. The molecule has 0 saturated heterocycles. The molecule has 0 heterocycles. The molecule has 0 N–H and O–H groups in total. The van der Waals surface area contributed by atoms with Gasteiger partial charge in [0.15, 0.2) is 0 Å². The van der Waals surface area contributed by atoms with E-state index in [-0.39, 0.29) is 0 Å². The molecule has 0 aliphatic carbocycles. The Hall–Kier alpha value is 0.140. The lowest BCUT2D eigenvalue weighted by molar-refractivity contribution is 0.295. The molecule has 0 aromatic heterocycles. The molecule has 1 aromatic carbocycles. The Labute approximate surface area is 103 Å². The van der Waals surface area contributed by atoms with Crippen LogP contribution < -0.4 is 0 Å². The Morgan fingerprint density at radius 1 is 1.07 bits per heavy atom. The maximum absolute atomic E-state index is 3.58. The van der Waals surface area contributed by atoms with Crippen molar-refractivity contribution in [3.63, 3.8) is 0 Å². The summed E-state index contributed by atoms with van der Waals surface area (Å²) in [6.45, 7) is 7.55. The zero-order chi connectivity index (χ0) is 10.6. The van der Waals surface area contributed by atoms with Crippen LogP contribution in [0.5, 0.6) is 0 Å². The van der Waals surface area contributed by atoms with Gasteiger partial charge >= 0.3 is 0 Å². The molecule has 0 fully saturated rings. The van der Waals surface area contributed by atoms with Gasteiger partial charge in [-0.2, -0.15) is 0 Å². The zero-order valence-electron chi connectivity index (χ0n) is 8.56. The first-order valence-electron chi connectivity index (χ1n) is 4.84. The van der Waals surface area contributed by atoms with Gasteiger partial charge in [-0.05, 0) is 30.8 Å². The van der Waals surface area contributed by atoms with Crippen LogP contribution in [0.1, 0.15) is 19.4 Å². The predicted molar refractivity (Wildman–Crippen MR) is 68.5 cm³/mol. The number of rotatable bonds is 4. The molecule has 14 heavy (non-hydrogen) atoms. The van der Waals surface area contributed by atoms with Crippen molar-refractivity contribution in [2.75, 3.05) is 13.1 Å². The van der Waals surface area contributed by atoms with Gasteiger partial charge in [-0.15, -0.1) is 0 Å². The topological polar surface area (TPSA) is 3.24 Å². The minimum atomic E-state index is 0.995. The maximum Gasteiger partial charge on any atom is 0.0255 e. The first-order chi connectivity index (χ1) is 6.69. The number of benzene rings is 1. The molecule has 0 aliphatic heterocycles. The van der Waals surface area contributed by atoms with Gasteiger partial charge in [0.2, 0.25) is 0 Å². The van der Waals surface area contributed by atoms with Crippen molar-refractivity contribution in [2.45, 2.75) is 20.4 Å². The lowest BCUT2D eigenvalue weighted by Gasteiger charge is -2.19. The van der Waals surface area contributed by atoms with E-state index < -0.39 is 0 Å². The van der Waals surface area contributed by atoms with Crippen molar-refractivity contribution in [3.8, 4) is 0 Å². The molecule has 0 saturated carbocycles. The van der Waals surface area contributed by atoms with Crippen LogP contribution in [0.2, 0.25) is 0 Å². The third-order valence-electron chi connectivity index (χ3n) is 2.34. The van der Waals surface area contributed by atoms with Gasteiger partial charge in [0.25, 0.3) is 0 Å². The van der Waals surface area contributed by atoms with E-state index in [2.05, 4.69) is 62.7 Å². The number of halogens is 2. The van der Waals surface area contributed by atoms with E-state index in [0.717, 1.165) is 19.6 Å². The molecule has 0 radical (unpaired) electrons. The Kier molecular flexibility index (Phi) is 5.13. The van der Waals surface area contributed by atoms with E-state index in [1.54, 1.807) is 0 Å². The maximum atomic E-state index is 3.58. The minimum Gasteiger partial charge on any atom is -0.300 e. The van der Waals surface area contributed by atoms with Crippen molar-refractivity contribution in [1.82, 2.24) is 4.90 Å². The van der Waals surface area contributed by atoms with Gasteiger partial charge in [0.05, 0.1) is 0 Å². The Balaban J connectivity index is 2.84. The van der Waals surface area contributed by atoms with Gasteiger partial charge in [-0.3, -0.25) is 4.90 Å². The Bertz CT molecular complexity index is 275. The monoisotopic (exact) mass is 319 g/mol. The van der Waals surface area contributed by atoms with Crippen molar-refractivity contribution in [2.24, 2.45) is 0 Å². The summed E-state index contributed by atoms with van der Waals surface area (Å²) in [4.78, 5) is 2.39. The van der Waals surface area contributed by atoms with E-state index in [4.69, 9.17) is 0 Å². The van der Waals surface area contributed by atoms with E-state index in [0.29, 0.717) is 0 Å². The highest BCUT2D eigenvalue weighted by molar-refractivity contribution is 9.11. The van der Waals surface area contributed by atoms with Gasteiger partial charge in [-0.1, -0.05) is 51.8 Å². The smallest absolute Gasteiger partial charge is 0.0255 e. The van der Waals surface area contributed by atoms with Crippen molar-refractivity contribution in [3.05, 3.63) is 32.7 Å². The standard InChI is InChI=1S/C11H15Br2N/c1-3-14(4-2)8-9-10(12)6-5-7-11(9)13/h5-7H,3-4,8H2,1-2H3. The third kappa shape index (κ3) is 3.07. The molecule has 3 heteroatoms. The van der Waals surface area contributed by atoms with Crippen LogP contribution in [-0.2, 0) is 6.54 Å². The fourth-order valence-corrected chi connectivity index (χ4v) is 2.60. The average Bonchev–Trinajstić information content (AvgIpc) is 2.18. The van der Waals surface area contributed by atoms with E-state index >= 15 is 0 Å². The molecule has 0 aliphatic rings. The molecular formula is C11H15Br2N. The summed E-state index contributed by atoms with van der Waals surface area (Å²) in [7, 11) is 0. The highest BCUT2D eigenvalue weighted by atomic mass is 79.9. The number of nitrogens with zero attached hydrogens (tertiary/aromatic N) is 1. The summed E-state index contributed by atoms with van der Waals surface area (Å²) in [5.74, 6) is 0. The van der Waals surface area contributed by atoms with E-state index in [1.165, 1.54) is 14.5 Å². The van der Waals surface area contributed by atoms with E-state index in [1.807, 2.05) is 6.07 Å². The molecule has 0 bridgehead atoms. The first kappa shape index (κ1) is 12.2. The van der Waals surface area contributed by atoms with Crippen LogP contribution in [0, 0.1) is 0 Å². The van der Waals surface area contributed by atoms with Crippen molar-refractivity contribution >= 4 is 31.9 Å². The summed E-state index contributed by atoms with van der Waals surface area (Å²) in [6, 6.07) is 6.22. The lowest BCUT2D eigenvalue weighted by atomic mass is 10.2. The van der Waals surface area contributed by atoms with E-state index in [9.17, 15) is 0 Å². The first-order valence-corrected chi connectivity index (χ1v) is 6.42. The highest BCUT2D eigenvalue weighted by Crippen LogP contribution is 2.26. The summed E-state index contributed by atoms with van der Waals surface area (Å²) in [5.41, 5.74) is 1.33. The second-order valence-electron chi connectivity index (χ2n) is 3.16. The van der Waals surface area contributed by atoms with Crippen molar-refractivity contribution in [1.29, 1.82) is 0 Å². The zero-order valence-corrected chi connectivity index (χ0v) is 11.7. The Morgan fingerprint density at radius 2 is 1.57 bits per heavy atom. The molecule has 78 valence electrons. The SMILES string of the molecule is CCN(CC)Cc1c(Br)cccc1Br. The van der Waals surface area contributed by atoms with Crippen LogP contribution >= 0.6 is 31.9 Å². The van der Waals surface area contributed by atoms with Crippen LogP contribution in [0.25, 0.3) is 0 Å². The molecule has 0 unspecified atom stereocenters. The number of hydrogen-bond acceptors (Lipinski definition) is 1. The predicted octanol–water partition coefficient (Wildman–Crippen LogP) is 4.05. The molecule has 0 atom stereocenters. The van der Waals surface area contributed by atoms with Gasteiger partial charge in [0.1, 0.15) is 0 Å².